The first kappa shape index (κ1) is 16.3. The van der Waals surface area contributed by atoms with Gasteiger partial charge in [0.05, 0.1) is 11.3 Å². The van der Waals surface area contributed by atoms with Gasteiger partial charge in [-0.3, -0.25) is 14.6 Å². The van der Waals surface area contributed by atoms with Gasteiger partial charge in [0.1, 0.15) is 0 Å². The number of nitrogens with zero attached hydrogens (tertiary/aromatic N) is 4. The van der Waals surface area contributed by atoms with Crippen molar-refractivity contribution in [3.05, 3.63) is 29.3 Å². The Labute approximate surface area is 148 Å². The number of anilines is 1. The third-order valence-electron chi connectivity index (χ3n) is 5.27. The zero-order chi connectivity index (χ0) is 17.8. The average molecular weight is 340 g/mol. The molecule has 0 aliphatic carbocycles. The van der Waals surface area contributed by atoms with Crippen molar-refractivity contribution in [1.82, 2.24) is 9.80 Å². The fourth-order valence-corrected chi connectivity index (χ4v) is 3.72. The van der Waals surface area contributed by atoms with E-state index in [-0.39, 0.29) is 17.1 Å². The minimum Gasteiger partial charge on any atom is -0.336 e. The first-order chi connectivity index (χ1) is 11.9. The fourth-order valence-electron chi connectivity index (χ4n) is 3.72. The molecule has 0 atom stereocenters. The number of hydrogen-bond acceptors (Lipinski definition) is 5. The molecule has 0 radical (unpaired) electrons. The number of rotatable bonds is 1. The Bertz CT molecular complexity index is 776. The molecule has 0 aromatic heterocycles. The highest BCUT2D eigenvalue weighted by molar-refractivity contribution is 6.54. The summed E-state index contributed by atoms with van der Waals surface area (Å²) in [6.45, 7) is 8.97. The van der Waals surface area contributed by atoms with Crippen LogP contribution in [0.4, 0.5) is 5.69 Å². The lowest BCUT2D eigenvalue weighted by molar-refractivity contribution is 0.0664. The Morgan fingerprint density at radius 3 is 2.60 bits per heavy atom. The maximum absolute atomic E-state index is 12.8. The minimum atomic E-state index is -0.0569. The molecule has 1 saturated heterocycles. The maximum Gasteiger partial charge on any atom is 0.253 e. The standard InChI is InChI=1S/C19H24N4O2/c1-19(2)11-20-17-16(24)14-10-13(4-5-15(14)23(17)12-19)18(25)22-8-6-21(3)7-9-22/h4-5,10H,6-9,11-12H2,1-3H3. The van der Waals surface area contributed by atoms with E-state index in [1.165, 1.54) is 0 Å². The number of amides is 1. The highest BCUT2D eigenvalue weighted by Crippen LogP contribution is 2.36. The van der Waals surface area contributed by atoms with Crippen LogP contribution < -0.4 is 4.90 Å². The van der Waals surface area contributed by atoms with Gasteiger partial charge in [-0.1, -0.05) is 13.8 Å². The van der Waals surface area contributed by atoms with Crippen molar-refractivity contribution in [3.8, 4) is 0 Å². The lowest BCUT2D eigenvalue weighted by Gasteiger charge is -2.34. The largest absolute Gasteiger partial charge is 0.336 e. The summed E-state index contributed by atoms with van der Waals surface area (Å²) >= 11 is 0. The molecule has 1 amide bonds. The molecule has 0 unspecified atom stereocenters. The summed E-state index contributed by atoms with van der Waals surface area (Å²) in [4.78, 5) is 36.1. The van der Waals surface area contributed by atoms with Crippen molar-refractivity contribution in [2.24, 2.45) is 10.4 Å². The van der Waals surface area contributed by atoms with Crippen LogP contribution in [0.3, 0.4) is 0 Å². The first-order valence-corrected chi connectivity index (χ1v) is 8.84. The molecule has 0 saturated carbocycles. The van der Waals surface area contributed by atoms with Crippen molar-refractivity contribution in [1.29, 1.82) is 0 Å². The second-order valence-corrected chi connectivity index (χ2v) is 8.05. The molecule has 4 rings (SSSR count). The van der Waals surface area contributed by atoms with Gasteiger partial charge in [0.2, 0.25) is 5.78 Å². The topological polar surface area (TPSA) is 56.2 Å². The molecule has 3 aliphatic rings. The molecule has 1 aromatic rings. The van der Waals surface area contributed by atoms with Gasteiger partial charge < -0.3 is 14.7 Å². The second-order valence-electron chi connectivity index (χ2n) is 8.05. The number of fused-ring (bicyclic) bond motifs is 3. The van der Waals surface area contributed by atoms with Crippen LogP contribution in [0.25, 0.3) is 0 Å². The Morgan fingerprint density at radius 1 is 1.16 bits per heavy atom. The molecule has 0 bridgehead atoms. The summed E-state index contributed by atoms with van der Waals surface area (Å²) in [5.41, 5.74) is 2.12. The Kier molecular flexibility index (Phi) is 3.68. The van der Waals surface area contributed by atoms with Crippen LogP contribution in [-0.2, 0) is 0 Å². The number of hydrogen-bond donors (Lipinski definition) is 0. The third-order valence-corrected chi connectivity index (χ3v) is 5.27. The fraction of sp³-hybridized carbons (Fsp3) is 0.526. The highest BCUT2D eigenvalue weighted by atomic mass is 16.2. The van der Waals surface area contributed by atoms with Gasteiger partial charge in [-0.25, -0.2) is 0 Å². The normalized spacial score (nSPS) is 22.5. The van der Waals surface area contributed by atoms with Gasteiger partial charge in [-0.2, -0.15) is 0 Å². The minimum absolute atomic E-state index is 0.0100. The highest BCUT2D eigenvalue weighted by Gasteiger charge is 2.40. The monoisotopic (exact) mass is 340 g/mol. The van der Waals surface area contributed by atoms with Gasteiger partial charge in [-0.15, -0.1) is 0 Å². The molecule has 0 spiro atoms. The third kappa shape index (κ3) is 2.74. The number of carbonyl (C=O) groups is 2. The number of piperazine rings is 1. The number of Topliss-reactive ketones (excluding diaryl/α,β-unsaturated/α-hetero) is 1. The van der Waals surface area contributed by atoms with Gasteiger partial charge >= 0.3 is 0 Å². The molecular weight excluding hydrogens is 316 g/mol. The molecule has 1 fully saturated rings. The van der Waals surface area contributed by atoms with Crippen molar-refractivity contribution < 1.29 is 9.59 Å². The van der Waals surface area contributed by atoms with Crippen LogP contribution in [-0.4, -0.2) is 73.6 Å². The summed E-state index contributed by atoms with van der Waals surface area (Å²) < 4.78 is 0. The van der Waals surface area contributed by atoms with E-state index in [1.54, 1.807) is 6.07 Å². The summed E-state index contributed by atoms with van der Waals surface area (Å²) in [5, 5.41) is 0. The lowest BCUT2D eigenvalue weighted by Crippen LogP contribution is -2.47. The van der Waals surface area contributed by atoms with E-state index >= 15 is 0 Å². The SMILES string of the molecule is CN1CCN(C(=O)c2ccc3c(c2)C(=O)C2=NCC(C)(C)CN23)CC1. The van der Waals surface area contributed by atoms with E-state index in [2.05, 4.69) is 30.8 Å². The number of ketones is 1. The zero-order valence-electron chi connectivity index (χ0n) is 15.1. The molecule has 6 nitrogen and oxygen atoms in total. The number of amidine groups is 1. The van der Waals surface area contributed by atoms with E-state index in [4.69, 9.17) is 0 Å². The molecule has 132 valence electrons. The van der Waals surface area contributed by atoms with Crippen LogP contribution >= 0.6 is 0 Å². The molecule has 25 heavy (non-hydrogen) atoms. The number of aliphatic imine (C=N–C) groups is 1. The number of benzene rings is 1. The molecule has 6 heteroatoms. The van der Waals surface area contributed by atoms with Gasteiger partial charge in [-0.05, 0) is 25.2 Å². The smallest absolute Gasteiger partial charge is 0.253 e. The molecule has 1 aromatic carbocycles. The summed E-state index contributed by atoms with van der Waals surface area (Å²) in [5.74, 6) is 0.480. The van der Waals surface area contributed by atoms with Crippen LogP contribution in [0.5, 0.6) is 0 Å². The summed E-state index contributed by atoms with van der Waals surface area (Å²) in [6.07, 6.45) is 0. The Balaban J connectivity index is 1.63. The van der Waals surface area contributed by atoms with Crippen LogP contribution in [0.2, 0.25) is 0 Å². The Hall–Kier alpha value is -2.21. The van der Waals surface area contributed by atoms with E-state index in [1.807, 2.05) is 21.9 Å². The second kappa shape index (κ2) is 5.66. The summed E-state index contributed by atoms with van der Waals surface area (Å²) in [6, 6.07) is 5.50. The van der Waals surface area contributed by atoms with E-state index in [9.17, 15) is 9.59 Å². The predicted octanol–water partition coefficient (Wildman–Crippen LogP) is 1.52. The van der Waals surface area contributed by atoms with Gasteiger partial charge in [0.25, 0.3) is 5.91 Å². The lowest BCUT2D eigenvalue weighted by atomic mass is 9.91. The van der Waals surface area contributed by atoms with Crippen molar-refractivity contribution in [2.75, 3.05) is 51.2 Å². The maximum atomic E-state index is 12.8. The predicted molar refractivity (Wildman–Crippen MR) is 97.6 cm³/mol. The van der Waals surface area contributed by atoms with Crippen LogP contribution in [0.15, 0.2) is 23.2 Å². The van der Waals surface area contributed by atoms with Crippen LogP contribution in [0, 0.1) is 5.41 Å². The molecule has 3 heterocycles. The van der Waals surface area contributed by atoms with E-state index in [0.29, 0.717) is 23.5 Å². The number of likely N-dealkylation sites (N-methyl/N-ethyl adjacent to an activating group) is 1. The van der Waals surface area contributed by atoms with Gasteiger partial charge in [0.15, 0.2) is 5.84 Å². The molecule has 3 aliphatic heterocycles. The first-order valence-electron chi connectivity index (χ1n) is 8.84. The molecular formula is C19H24N4O2. The Morgan fingerprint density at radius 2 is 1.88 bits per heavy atom. The quantitative estimate of drug-likeness (QED) is 0.778. The zero-order valence-corrected chi connectivity index (χ0v) is 15.1. The van der Waals surface area contributed by atoms with Crippen molar-refractivity contribution in [3.63, 3.8) is 0 Å². The van der Waals surface area contributed by atoms with E-state index in [0.717, 1.165) is 38.4 Å². The molecule has 0 N–H and O–H groups in total. The van der Waals surface area contributed by atoms with Crippen LogP contribution in [0.1, 0.15) is 34.6 Å². The van der Waals surface area contributed by atoms with E-state index < -0.39 is 0 Å². The summed E-state index contributed by atoms with van der Waals surface area (Å²) in [7, 11) is 2.06. The number of carbonyl (C=O) groups excluding carboxylic acids is 2. The van der Waals surface area contributed by atoms with Crippen molar-refractivity contribution >= 4 is 23.2 Å². The van der Waals surface area contributed by atoms with Crippen molar-refractivity contribution in [2.45, 2.75) is 13.8 Å². The van der Waals surface area contributed by atoms with Gasteiger partial charge in [0, 0.05) is 50.2 Å². The average Bonchev–Trinajstić information content (AvgIpc) is 2.85.